The third-order valence-electron chi connectivity index (χ3n) is 2.81. The number of hydrogen-bond donors (Lipinski definition) is 1. The molecule has 4 nitrogen and oxygen atoms in total. The van der Waals surface area contributed by atoms with Gasteiger partial charge in [-0.2, -0.15) is 0 Å². The number of esters is 1. The van der Waals surface area contributed by atoms with Crippen molar-refractivity contribution in [1.29, 1.82) is 0 Å². The molecule has 0 spiro atoms. The summed E-state index contributed by atoms with van der Waals surface area (Å²) in [6.45, 7) is 0.436. The lowest BCUT2D eigenvalue weighted by Crippen LogP contribution is -2.09. The zero-order valence-corrected chi connectivity index (χ0v) is 14.2. The number of rotatable bonds is 6. The summed E-state index contributed by atoms with van der Waals surface area (Å²) in [6, 6.07) is 9.19. The maximum atomic E-state index is 11.8. The molecule has 0 unspecified atom stereocenters. The third kappa shape index (κ3) is 5.20. The number of benzene rings is 2. The van der Waals surface area contributed by atoms with Crippen LogP contribution in [0, 0.1) is 0 Å². The lowest BCUT2D eigenvalue weighted by Gasteiger charge is -2.10. The molecule has 0 amide bonds. The van der Waals surface area contributed by atoms with E-state index in [-0.39, 0.29) is 34.8 Å². The monoisotopic (exact) mass is 374 g/mol. The smallest absolute Gasteiger partial charge is 0.338 e. The van der Waals surface area contributed by atoms with Crippen molar-refractivity contribution in [3.05, 3.63) is 57.0 Å². The van der Waals surface area contributed by atoms with Crippen LogP contribution in [-0.4, -0.2) is 24.3 Å². The minimum atomic E-state index is -0.451. The molecule has 0 radical (unpaired) electrons. The summed E-state index contributed by atoms with van der Waals surface area (Å²) in [5, 5.41) is 10.2. The standard InChI is InChI=1S/C16H13Cl3O4/c17-11-4-1-3-10(7-11)16(21)23-6-2-5-22-15-13(18)8-12(20)9-14(15)19/h1,3-4,7-9,20H,2,5-6H2. The van der Waals surface area contributed by atoms with Gasteiger partial charge in [-0.25, -0.2) is 4.79 Å². The molecule has 1 N–H and O–H groups in total. The average Bonchev–Trinajstić information content (AvgIpc) is 2.48. The topological polar surface area (TPSA) is 55.8 Å². The van der Waals surface area contributed by atoms with Gasteiger partial charge in [-0.3, -0.25) is 0 Å². The Morgan fingerprint density at radius 3 is 2.39 bits per heavy atom. The molecule has 2 rings (SSSR count). The van der Waals surface area contributed by atoms with E-state index in [2.05, 4.69) is 0 Å². The summed E-state index contributed by atoms with van der Waals surface area (Å²) in [6.07, 6.45) is 0.458. The molecule has 0 aliphatic heterocycles. The van der Waals surface area contributed by atoms with Gasteiger partial charge in [0, 0.05) is 23.6 Å². The number of hydrogen-bond acceptors (Lipinski definition) is 4. The lowest BCUT2D eigenvalue weighted by molar-refractivity contribution is 0.0486. The maximum Gasteiger partial charge on any atom is 0.338 e. The van der Waals surface area contributed by atoms with Gasteiger partial charge in [-0.15, -0.1) is 0 Å². The Labute approximate surface area is 148 Å². The number of phenolic OH excluding ortho intramolecular Hbond substituents is 1. The van der Waals surface area contributed by atoms with E-state index in [1.54, 1.807) is 18.2 Å². The first-order chi connectivity index (χ1) is 11.0. The molecular weight excluding hydrogens is 363 g/mol. The van der Waals surface area contributed by atoms with E-state index in [1.807, 2.05) is 0 Å². The van der Waals surface area contributed by atoms with Crippen molar-refractivity contribution in [3.63, 3.8) is 0 Å². The highest BCUT2D eigenvalue weighted by molar-refractivity contribution is 6.37. The van der Waals surface area contributed by atoms with Crippen LogP contribution in [0.15, 0.2) is 36.4 Å². The fourth-order valence-corrected chi connectivity index (χ4v) is 2.56. The fraction of sp³-hybridized carbons (Fsp3) is 0.188. The summed E-state index contributed by atoms with van der Waals surface area (Å²) in [5.41, 5.74) is 0.392. The summed E-state index contributed by atoms with van der Waals surface area (Å²) < 4.78 is 10.6. The molecule has 2 aromatic carbocycles. The minimum absolute atomic E-state index is 0.0391. The van der Waals surface area contributed by atoms with E-state index in [9.17, 15) is 9.90 Å². The largest absolute Gasteiger partial charge is 0.508 e. The molecule has 0 bridgehead atoms. The van der Waals surface area contributed by atoms with Crippen LogP contribution in [-0.2, 0) is 4.74 Å². The summed E-state index contributed by atoms with van der Waals surface area (Å²) in [4.78, 5) is 11.8. The summed E-state index contributed by atoms with van der Waals surface area (Å²) in [5.74, 6) is -0.205. The molecule has 0 saturated carbocycles. The first-order valence-corrected chi connectivity index (χ1v) is 7.84. The highest BCUT2D eigenvalue weighted by Crippen LogP contribution is 2.36. The Morgan fingerprint density at radius 2 is 1.74 bits per heavy atom. The average molecular weight is 376 g/mol. The number of aromatic hydroxyl groups is 1. The zero-order valence-electron chi connectivity index (χ0n) is 11.9. The molecule has 0 fully saturated rings. The van der Waals surface area contributed by atoms with Crippen molar-refractivity contribution >= 4 is 40.8 Å². The van der Waals surface area contributed by atoms with Crippen molar-refractivity contribution in [1.82, 2.24) is 0 Å². The molecule has 122 valence electrons. The van der Waals surface area contributed by atoms with Crippen molar-refractivity contribution in [2.24, 2.45) is 0 Å². The van der Waals surface area contributed by atoms with Crippen molar-refractivity contribution < 1.29 is 19.4 Å². The highest BCUT2D eigenvalue weighted by Gasteiger charge is 2.10. The molecule has 0 heterocycles. The second-order valence-corrected chi connectivity index (χ2v) is 5.84. The second kappa shape index (κ2) is 8.29. The van der Waals surface area contributed by atoms with Gasteiger partial charge in [0.05, 0.1) is 28.8 Å². The molecule has 23 heavy (non-hydrogen) atoms. The van der Waals surface area contributed by atoms with E-state index < -0.39 is 5.97 Å². The van der Waals surface area contributed by atoms with Crippen LogP contribution in [0.3, 0.4) is 0 Å². The van der Waals surface area contributed by atoms with E-state index in [1.165, 1.54) is 18.2 Å². The number of halogens is 3. The van der Waals surface area contributed by atoms with Crippen LogP contribution in [0.4, 0.5) is 0 Å². The van der Waals surface area contributed by atoms with Gasteiger partial charge in [0.25, 0.3) is 0 Å². The molecule has 2 aromatic rings. The number of carbonyl (C=O) groups excluding carboxylic acids is 1. The second-order valence-electron chi connectivity index (χ2n) is 4.59. The molecule has 0 aliphatic rings. The Bertz CT molecular complexity index is 680. The lowest BCUT2D eigenvalue weighted by atomic mass is 10.2. The Balaban J connectivity index is 1.77. The molecule has 7 heteroatoms. The predicted octanol–water partition coefficient (Wildman–Crippen LogP) is 4.98. The SMILES string of the molecule is O=C(OCCCOc1c(Cl)cc(O)cc1Cl)c1cccc(Cl)c1. The number of ether oxygens (including phenoxy) is 2. The van der Waals surface area contributed by atoms with Gasteiger partial charge in [0.2, 0.25) is 0 Å². The van der Waals surface area contributed by atoms with Gasteiger partial charge < -0.3 is 14.6 Å². The molecule has 0 saturated heterocycles. The van der Waals surface area contributed by atoms with Crippen LogP contribution >= 0.6 is 34.8 Å². The maximum absolute atomic E-state index is 11.8. The van der Waals surface area contributed by atoms with Crippen molar-refractivity contribution in [3.8, 4) is 11.5 Å². The normalized spacial score (nSPS) is 10.4. The Hall–Kier alpha value is -1.62. The van der Waals surface area contributed by atoms with E-state index >= 15 is 0 Å². The van der Waals surface area contributed by atoms with Crippen molar-refractivity contribution in [2.75, 3.05) is 13.2 Å². The quantitative estimate of drug-likeness (QED) is 0.571. The van der Waals surface area contributed by atoms with Gasteiger partial charge in [-0.1, -0.05) is 40.9 Å². The predicted molar refractivity (Wildman–Crippen MR) is 90.0 cm³/mol. The molecule has 0 aromatic heterocycles. The number of phenols is 1. The first-order valence-electron chi connectivity index (χ1n) is 6.71. The van der Waals surface area contributed by atoms with E-state index in [4.69, 9.17) is 44.3 Å². The van der Waals surface area contributed by atoms with Crippen LogP contribution < -0.4 is 4.74 Å². The Morgan fingerprint density at radius 1 is 1.04 bits per heavy atom. The van der Waals surface area contributed by atoms with Crippen LogP contribution in [0.25, 0.3) is 0 Å². The van der Waals surface area contributed by atoms with E-state index in [0.29, 0.717) is 17.0 Å². The van der Waals surface area contributed by atoms with Crippen molar-refractivity contribution in [2.45, 2.75) is 6.42 Å². The van der Waals surface area contributed by atoms with Gasteiger partial charge in [-0.05, 0) is 18.2 Å². The van der Waals surface area contributed by atoms with Crippen LogP contribution in [0.2, 0.25) is 15.1 Å². The van der Waals surface area contributed by atoms with Crippen LogP contribution in [0.1, 0.15) is 16.8 Å². The fourth-order valence-electron chi connectivity index (χ4n) is 1.78. The molecular formula is C16H13Cl3O4. The summed E-state index contributed by atoms with van der Waals surface area (Å²) >= 11 is 17.7. The van der Waals surface area contributed by atoms with Crippen LogP contribution in [0.5, 0.6) is 11.5 Å². The number of carbonyl (C=O) groups is 1. The zero-order chi connectivity index (χ0) is 16.8. The minimum Gasteiger partial charge on any atom is -0.508 e. The van der Waals surface area contributed by atoms with Gasteiger partial charge in [0.1, 0.15) is 5.75 Å². The first kappa shape index (κ1) is 17.7. The van der Waals surface area contributed by atoms with Gasteiger partial charge >= 0.3 is 5.97 Å². The van der Waals surface area contributed by atoms with E-state index in [0.717, 1.165) is 0 Å². The van der Waals surface area contributed by atoms with Gasteiger partial charge in [0.15, 0.2) is 5.75 Å². The highest BCUT2D eigenvalue weighted by atomic mass is 35.5. The molecule has 0 atom stereocenters. The summed E-state index contributed by atoms with van der Waals surface area (Å²) in [7, 11) is 0. The molecule has 0 aliphatic carbocycles. The Kier molecular flexibility index (Phi) is 6.39. The third-order valence-corrected chi connectivity index (χ3v) is 3.61.